The van der Waals surface area contributed by atoms with Crippen molar-refractivity contribution >= 4 is 5.91 Å². The van der Waals surface area contributed by atoms with E-state index in [0.717, 1.165) is 26.1 Å². The average molecular weight is 157 g/mol. The standard InChI is InChI=1S/C7H15N3O/c8-2-1-4-10-5-3-9-7(11)6-10/h1-6,8H2,(H,9,11). The Morgan fingerprint density at radius 2 is 2.45 bits per heavy atom. The molecule has 0 aromatic heterocycles. The first-order chi connectivity index (χ1) is 5.33. The Bertz CT molecular complexity index is 138. The van der Waals surface area contributed by atoms with Crippen molar-refractivity contribution in [3.8, 4) is 0 Å². The molecule has 11 heavy (non-hydrogen) atoms. The molecule has 0 spiro atoms. The maximum absolute atomic E-state index is 10.9. The first-order valence-electron chi connectivity index (χ1n) is 4.02. The molecule has 0 atom stereocenters. The molecule has 0 radical (unpaired) electrons. The minimum atomic E-state index is 0.133. The van der Waals surface area contributed by atoms with E-state index in [4.69, 9.17) is 5.73 Å². The van der Waals surface area contributed by atoms with Crippen molar-refractivity contribution in [2.24, 2.45) is 5.73 Å². The number of hydrogen-bond acceptors (Lipinski definition) is 3. The number of carbonyl (C=O) groups is 1. The van der Waals surface area contributed by atoms with Crippen LogP contribution in [0.2, 0.25) is 0 Å². The molecule has 0 unspecified atom stereocenters. The van der Waals surface area contributed by atoms with Gasteiger partial charge in [-0.1, -0.05) is 0 Å². The van der Waals surface area contributed by atoms with Gasteiger partial charge in [-0.05, 0) is 19.5 Å². The van der Waals surface area contributed by atoms with E-state index in [-0.39, 0.29) is 5.91 Å². The molecule has 0 bridgehead atoms. The molecule has 1 saturated heterocycles. The molecule has 1 rings (SSSR count). The molecule has 1 amide bonds. The summed E-state index contributed by atoms with van der Waals surface area (Å²) in [5.41, 5.74) is 5.35. The zero-order chi connectivity index (χ0) is 8.10. The van der Waals surface area contributed by atoms with Gasteiger partial charge in [0, 0.05) is 13.1 Å². The van der Waals surface area contributed by atoms with Crippen LogP contribution < -0.4 is 11.1 Å². The van der Waals surface area contributed by atoms with Gasteiger partial charge in [0.25, 0.3) is 0 Å². The van der Waals surface area contributed by atoms with Crippen LogP contribution in [0, 0.1) is 0 Å². The van der Waals surface area contributed by atoms with Crippen molar-refractivity contribution in [1.82, 2.24) is 10.2 Å². The van der Waals surface area contributed by atoms with Crippen molar-refractivity contribution in [3.63, 3.8) is 0 Å². The average Bonchev–Trinajstić information content (AvgIpc) is 2.01. The summed E-state index contributed by atoms with van der Waals surface area (Å²) in [5.74, 6) is 0.133. The molecule has 1 aliphatic heterocycles. The van der Waals surface area contributed by atoms with Crippen LogP contribution in [-0.2, 0) is 4.79 Å². The number of piperazine rings is 1. The van der Waals surface area contributed by atoms with E-state index in [0.29, 0.717) is 13.1 Å². The highest BCUT2D eigenvalue weighted by molar-refractivity contribution is 5.78. The Morgan fingerprint density at radius 1 is 1.64 bits per heavy atom. The largest absolute Gasteiger partial charge is 0.354 e. The third kappa shape index (κ3) is 2.86. The number of rotatable bonds is 3. The Kier molecular flexibility index (Phi) is 3.32. The molecule has 0 aromatic carbocycles. The molecule has 1 heterocycles. The first-order valence-corrected chi connectivity index (χ1v) is 4.02. The van der Waals surface area contributed by atoms with Crippen LogP contribution in [0.1, 0.15) is 6.42 Å². The minimum absolute atomic E-state index is 0.133. The lowest BCUT2D eigenvalue weighted by Gasteiger charge is -2.25. The highest BCUT2D eigenvalue weighted by atomic mass is 16.2. The zero-order valence-corrected chi connectivity index (χ0v) is 6.68. The van der Waals surface area contributed by atoms with Gasteiger partial charge >= 0.3 is 0 Å². The summed E-state index contributed by atoms with van der Waals surface area (Å²) in [6.07, 6.45) is 0.979. The van der Waals surface area contributed by atoms with E-state index >= 15 is 0 Å². The van der Waals surface area contributed by atoms with Crippen LogP contribution in [-0.4, -0.2) is 43.5 Å². The molecule has 4 nitrogen and oxygen atoms in total. The van der Waals surface area contributed by atoms with Crippen LogP contribution >= 0.6 is 0 Å². The van der Waals surface area contributed by atoms with Crippen molar-refractivity contribution < 1.29 is 4.79 Å². The number of carbonyl (C=O) groups excluding carboxylic acids is 1. The number of hydrogen-bond donors (Lipinski definition) is 2. The summed E-state index contributed by atoms with van der Waals surface area (Å²) >= 11 is 0. The maximum Gasteiger partial charge on any atom is 0.234 e. The lowest BCUT2D eigenvalue weighted by molar-refractivity contribution is -0.124. The van der Waals surface area contributed by atoms with Gasteiger partial charge in [0.2, 0.25) is 5.91 Å². The summed E-state index contributed by atoms with van der Waals surface area (Å²) in [6, 6.07) is 0. The van der Waals surface area contributed by atoms with Gasteiger partial charge in [-0.25, -0.2) is 0 Å². The summed E-state index contributed by atoms with van der Waals surface area (Å²) < 4.78 is 0. The first kappa shape index (κ1) is 8.49. The van der Waals surface area contributed by atoms with Gasteiger partial charge in [-0.3, -0.25) is 9.69 Å². The molecule has 1 aliphatic rings. The number of nitrogens with one attached hydrogen (secondary N) is 1. The van der Waals surface area contributed by atoms with E-state index in [1.165, 1.54) is 0 Å². The van der Waals surface area contributed by atoms with Crippen LogP contribution in [0.25, 0.3) is 0 Å². The van der Waals surface area contributed by atoms with Crippen molar-refractivity contribution in [3.05, 3.63) is 0 Å². The van der Waals surface area contributed by atoms with Crippen molar-refractivity contribution in [2.45, 2.75) is 6.42 Å². The van der Waals surface area contributed by atoms with E-state index in [9.17, 15) is 4.79 Å². The van der Waals surface area contributed by atoms with Gasteiger partial charge in [0.1, 0.15) is 0 Å². The van der Waals surface area contributed by atoms with Gasteiger partial charge in [-0.2, -0.15) is 0 Å². The molecule has 3 N–H and O–H groups in total. The Labute approximate surface area is 66.7 Å². The smallest absolute Gasteiger partial charge is 0.234 e. The minimum Gasteiger partial charge on any atom is -0.354 e. The maximum atomic E-state index is 10.9. The molecule has 64 valence electrons. The molecule has 4 heteroatoms. The van der Waals surface area contributed by atoms with E-state index < -0.39 is 0 Å². The van der Waals surface area contributed by atoms with E-state index in [1.54, 1.807) is 0 Å². The number of amides is 1. The predicted molar refractivity (Wildman–Crippen MR) is 43.1 cm³/mol. The number of nitrogens with two attached hydrogens (primary N) is 1. The molecule has 0 saturated carbocycles. The molecule has 1 fully saturated rings. The van der Waals surface area contributed by atoms with Gasteiger partial charge in [-0.15, -0.1) is 0 Å². The van der Waals surface area contributed by atoms with Crippen LogP contribution in [0.15, 0.2) is 0 Å². The van der Waals surface area contributed by atoms with Crippen LogP contribution in [0.3, 0.4) is 0 Å². The third-order valence-corrected chi connectivity index (χ3v) is 1.80. The summed E-state index contributed by atoms with van der Waals surface area (Å²) in [5, 5.41) is 2.78. The Balaban J connectivity index is 2.17. The highest BCUT2D eigenvalue weighted by Gasteiger charge is 2.14. The zero-order valence-electron chi connectivity index (χ0n) is 6.68. The summed E-state index contributed by atoms with van der Waals surface area (Å²) in [4.78, 5) is 13.0. The molecular weight excluding hydrogens is 142 g/mol. The molecule has 0 aromatic rings. The van der Waals surface area contributed by atoms with E-state index in [2.05, 4.69) is 10.2 Å². The molecular formula is C7H15N3O. The third-order valence-electron chi connectivity index (χ3n) is 1.80. The normalized spacial score (nSPS) is 19.9. The number of nitrogens with zero attached hydrogens (tertiary/aromatic N) is 1. The monoisotopic (exact) mass is 157 g/mol. The fourth-order valence-electron chi connectivity index (χ4n) is 1.20. The quantitative estimate of drug-likeness (QED) is 0.539. The SMILES string of the molecule is NCCCN1CCNC(=O)C1. The summed E-state index contributed by atoms with van der Waals surface area (Å²) in [6.45, 7) is 3.94. The predicted octanol–water partition coefficient (Wildman–Crippen LogP) is -1.23. The Morgan fingerprint density at radius 3 is 3.09 bits per heavy atom. The fraction of sp³-hybridized carbons (Fsp3) is 0.857. The van der Waals surface area contributed by atoms with Gasteiger partial charge in [0.05, 0.1) is 6.54 Å². The van der Waals surface area contributed by atoms with Crippen molar-refractivity contribution in [1.29, 1.82) is 0 Å². The lowest BCUT2D eigenvalue weighted by atomic mass is 10.3. The molecule has 0 aliphatic carbocycles. The van der Waals surface area contributed by atoms with Gasteiger partial charge in [0.15, 0.2) is 0 Å². The van der Waals surface area contributed by atoms with Crippen LogP contribution in [0.5, 0.6) is 0 Å². The second-order valence-corrected chi connectivity index (χ2v) is 2.77. The van der Waals surface area contributed by atoms with Gasteiger partial charge < -0.3 is 11.1 Å². The topological polar surface area (TPSA) is 58.4 Å². The second-order valence-electron chi connectivity index (χ2n) is 2.77. The highest BCUT2D eigenvalue weighted by Crippen LogP contribution is 1.93. The van der Waals surface area contributed by atoms with Crippen LogP contribution in [0.4, 0.5) is 0 Å². The Hall–Kier alpha value is -0.610. The van der Waals surface area contributed by atoms with E-state index in [1.807, 2.05) is 0 Å². The summed E-state index contributed by atoms with van der Waals surface area (Å²) in [7, 11) is 0. The second kappa shape index (κ2) is 4.31. The van der Waals surface area contributed by atoms with Crippen molar-refractivity contribution in [2.75, 3.05) is 32.7 Å². The fourth-order valence-corrected chi connectivity index (χ4v) is 1.20. The lowest BCUT2D eigenvalue weighted by Crippen LogP contribution is -2.48.